The van der Waals surface area contributed by atoms with Crippen LogP contribution < -0.4 is 14.2 Å². The summed E-state index contributed by atoms with van der Waals surface area (Å²) in [6, 6.07) is 20.5. The monoisotopic (exact) mass is 495 g/mol. The van der Waals surface area contributed by atoms with Crippen LogP contribution in [0.4, 0.5) is 0 Å². The van der Waals surface area contributed by atoms with Gasteiger partial charge in [0.1, 0.15) is 6.61 Å². The number of carboxylic acid groups (broad SMARTS) is 1. The van der Waals surface area contributed by atoms with E-state index in [4.69, 9.17) is 14.6 Å². The Hall–Kier alpha value is -3.95. The maximum absolute atomic E-state index is 12.5. The second kappa shape index (κ2) is 12.0. The zero-order chi connectivity index (χ0) is 25.3. The molecule has 0 atom stereocenters. The number of carbonyl (C=O) groups is 2. The number of ether oxygens (including phenoxy) is 2. The molecule has 0 saturated heterocycles. The van der Waals surface area contributed by atoms with Crippen molar-refractivity contribution in [2.75, 3.05) is 13.7 Å². The summed E-state index contributed by atoms with van der Waals surface area (Å²) in [4.78, 5) is 23.0. The van der Waals surface area contributed by atoms with Crippen molar-refractivity contribution >= 4 is 27.9 Å². The Balaban J connectivity index is 1.64. The van der Waals surface area contributed by atoms with Crippen LogP contribution in [0.3, 0.4) is 0 Å². The summed E-state index contributed by atoms with van der Waals surface area (Å²) >= 11 is 0. The Morgan fingerprint density at radius 1 is 0.971 bits per heavy atom. The van der Waals surface area contributed by atoms with Crippen molar-refractivity contribution in [3.05, 3.63) is 95.6 Å². The standard InChI is InChI=1S/C26H25NO7S/c1-33-25-17-19(8-14-24(25)34-18-20-5-3-2-4-6-20)7-13-23(28)21-9-11-22(12-10-21)35(31,32)27-16-15-26(29)30/h2-14,17,27H,15-16,18H2,1H3,(H,29,30)/b13-7+. The predicted molar refractivity (Wildman–Crippen MR) is 131 cm³/mol. The van der Waals surface area contributed by atoms with E-state index in [1.807, 2.05) is 30.3 Å². The molecule has 9 heteroatoms. The first-order chi connectivity index (χ1) is 16.8. The van der Waals surface area contributed by atoms with Crippen LogP contribution in [0, 0.1) is 0 Å². The molecule has 0 bridgehead atoms. The number of nitrogens with one attached hydrogen (secondary N) is 1. The fraction of sp³-hybridized carbons (Fsp3) is 0.154. The van der Waals surface area contributed by atoms with Crippen LogP contribution in [-0.2, 0) is 21.4 Å². The highest BCUT2D eigenvalue weighted by Crippen LogP contribution is 2.29. The Bertz CT molecular complexity index is 1300. The maximum atomic E-state index is 12.5. The number of sulfonamides is 1. The van der Waals surface area contributed by atoms with Crippen LogP contribution in [0.2, 0.25) is 0 Å². The largest absolute Gasteiger partial charge is 0.493 e. The lowest BCUT2D eigenvalue weighted by molar-refractivity contribution is -0.136. The Morgan fingerprint density at radius 2 is 1.69 bits per heavy atom. The topological polar surface area (TPSA) is 119 Å². The van der Waals surface area contributed by atoms with Gasteiger partial charge in [-0.15, -0.1) is 0 Å². The molecule has 2 N–H and O–H groups in total. The highest BCUT2D eigenvalue weighted by atomic mass is 32.2. The van der Waals surface area contributed by atoms with Crippen molar-refractivity contribution in [3.63, 3.8) is 0 Å². The van der Waals surface area contributed by atoms with Gasteiger partial charge in [0.25, 0.3) is 0 Å². The molecular weight excluding hydrogens is 470 g/mol. The van der Waals surface area contributed by atoms with Gasteiger partial charge < -0.3 is 14.6 Å². The molecule has 3 aromatic carbocycles. The van der Waals surface area contributed by atoms with Gasteiger partial charge in [-0.25, -0.2) is 13.1 Å². The third-order valence-corrected chi connectivity index (χ3v) is 6.41. The Morgan fingerprint density at radius 3 is 2.34 bits per heavy atom. The number of carboxylic acids is 1. The molecule has 0 fully saturated rings. The number of aliphatic carboxylic acids is 1. The third kappa shape index (κ3) is 7.53. The molecule has 0 radical (unpaired) electrons. The molecule has 3 rings (SSSR count). The van der Waals surface area contributed by atoms with Crippen LogP contribution in [0.15, 0.2) is 83.8 Å². The summed E-state index contributed by atoms with van der Waals surface area (Å²) in [7, 11) is -2.32. The second-order valence-corrected chi connectivity index (χ2v) is 9.21. The summed E-state index contributed by atoms with van der Waals surface area (Å²) in [5, 5.41) is 8.63. The number of ketones is 1. The van der Waals surface area contributed by atoms with Gasteiger partial charge in [-0.2, -0.15) is 0 Å². The molecule has 0 unspecified atom stereocenters. The number of benzene rings is 3. The van der Waals surface area contributed by atoms with Crippen LogP contribution >= 0.6 is 0 Å². The summed E-state index contributed by atoms with van der Waals surface area (Å²) in [6.45, 7) is 0.173. The first-order valence-electron chi connectivity index (χ1n) is 10.7. The number of rotatable bonds is 12. The van der Waals surface area contributed by atoms with Crippen LogP contribution in [0.5, 0.6) is 11.5 Å². The summed E-state index contributed by atoms with van der Waals surface area (Å²) < 4.78 is 37.8. The highest BCUT2D eigenvalue weighted by molar-refractivity contribution is 7.89. The van der Waals surface area contributed by atoms with Crippen molar-refractivity contribution in [3.8, 4) is 11.5 Å². The van der Waals surface area contributed by atoms with Gasteiger partial charge in [0.05, 0.1) is 18.4 Å². The van der Waals surface area contributed by atoms with Gasteiger partial charge >= 0.3 is 5.97 Å². The first kappa shape index (κ1) is 25.7. The smallest absolute Gasteiger partial charge is 0.304 e. The van der Waals surface area contributed by atoms with Crippen molar-refractivity contribution in [1.82, 2.24) is 4.72 Å². The lowest BCUT2D eigenvalue weighted by Gasteiger charge is -2.11. The van der Waals surface area contributed by atoms with Crippen molar-refractivity contribution in [2.45, 2.75) is 17.9 Å². The second-order valence-electron chi connectivity index (χ2n) is 7.45. The lowest BCUT2D eigenvalue weighted by Crippen LogP contribution is -2.26. The minimum atomic E-state index is -3.86. The molecule has 3 aromatic rings. The van der Waals surface area contributed by atoms with Gasteiger partial charge in [0.15, 0.2) is 17.3 Å². The molecular formula is C26H25NO7S. The Labute approximate surface area is 203 Å². The molecule has 8 nitrogen and oxygen atoms in total. The fourth-order valence-electron chi connectivity index (χ4n) is 3.08. The van der Waals surface area contributed by atoms with E-state index in [1.165, 1.54) is 37.5 Å². The van der Waals surface area contributed by atoms with Gasteiger partial charge in [0.2, 0.25) is 10.0 Å². The Kier molecular flexibility index (Phi) is 8.77. The highest BCUT2D eigenvalue weighted by Gasteiger charge is 2.15. The van der Waals surface area contributed by atoms with Gasteiger partial charge in [0, 0.05) is 12.1 Å². The van der Waals surface area contributed by atoms with Crippen molar-refractivity contribution in [2.24, 2.45) is 0 Å². The fourth-order valence-corrected chi connectivity index (χ4v) is 4.12. The molecule has 0 aliphatic carbocycles. The van der Waals surface area contributed by atoms with Crippen LogP contribution in [-0.4, -0.2) is 38.9 Å². The van der Waals surface area contributed by atoms with Gasteiger partial charge in [-0.1, -0.05) is 42.5 Å². The molecule has 0 spiro atoms. The van der Waals surface area contributed by atoms with Gasteiger partial charge in [-0.05, 0) is 53.6 Å². The molecule has 0 aliphatic heterocycles. The number of methoxy groups -OCH3 is 1. The number of hydrogen-bond donors (Lipinski definition) is 2. The lowest BCUT2D eigenvalue weighted by atomic mass is 10.1. The van der Waals surface area contributed by atoms with E-state index >= 15 is 0 Å². The normalized spacial score (nSPS) is 11.3. The minimum Gasteiger partial charge on any atom is -0.493 e. The average Bonchev–Trinajstić information content (AvgIpc) is 2.86. The predicted octanol–water partition coefficient (Wildman–Crippen LogP) is 3.92. The van der Waals surface area contributed by atoms with E-state index in [0.29, 0.717) is 23.7 Å². The first-order valence-corrected chi connectivity index (χ1v) is 12.2. The summed E-state index contributed by atoms with van der Waals surface area (Å²) in [6.07, 6.45) is 2.68. The molecule has 0 amide bonds. The van der Waals surface area contributed by atoms with Crippen LogP contribution in [0.25, 0.3) is 6.08 Å². The third-order valence-electron chi connectivity index (χ3n) is 4.93. The molecule has 182 valence electrons. The number of hydrogen-bond acceptors (Lipinski definition) is 6. The van der Waals surface area contributed by atoms with E-state index in [9.17, 15) is 18.0 Å². The molecule has 0 aliphatic rings. The minimum absolute atomic E-state index is 0.0563. The van der Waals surface area contributed by atoms with Crippen molar-refractivity contribution in [1.29, 1.82) is 0 Å². The van der Waals surface area contributed by atoms with Crippen molar-refractivity contribution < 1.29 is 32.6 Å². The quantitative estimate of drug-likeness (QED) is 0.289. The zero-order valence-corrected chi connectivity index (χ0v) is 19.8. The molecule has 0 saturated carbocycles. The molecule has 0 aromatic heterocycles. The maximum Gasteiger partial charge on any atom is 0.304 e. The summed E-state index contributed by atoms with van der Waals surface area (Å²) in [5.41, 5.74) is 2.06. The molecule has 0 heterocycles. The van der Waals surface area contributed by atoms with E-state index in [0.717, 1.165) is 11.1 Å². The van der Waals surface area contributed by atoms with E-state index < -0.39 is 16.0 Å². The van der Waals surface area contributed by atoms with E-state index in [2.05, 4.69) is 4.72 Å². The van der Waals surface area contributed by atoms with E-state index in [1.54, 1.807) is 24.3 Å². The zero-order valence-electron chi connectivity index (χ0n) is 19.0. The van der Waals surface area contributed by atoms with E-state index in [-0.39, 0.29) is 23.6 Å². The number of allylic oxidation sites excluding steroid dienone is 1. The van der Waals surface area contributed by atoms with Crippen LogP contribution in [0.1, 0.15) is 27.9 Å². The number of carbonyl (C=O) groups excluding carboxylic acids is 1. The average molecular weight is 496 g/mol. The molecule has 35 heavy (non-hydrogen) atoms. The van der Waals surface area contributed by atoms with Gasteiger partial charge in [-0.3, -0.25) is 9.59 Å². The SMILES string of the molecule is COc1cc(/C=C/C(=O)c2ccc(S(=O)(=O)NCCC(=O)O)cc2)ccc1OCc1ccccc1. The summed E-state index contributed by atoms with van der Waals surface area (Å²) in [5.74, 6) is -0.308.